The Balaban J connectivity index is 1.70. The lowest BCUT2D eigenvalue weighted by atomic mass is 10.1. The first-order valence-electron chi connectivity index (χ1n) is 7.33. The number of methoxy groups -OCH3 is 1. The lowest BCUT2D eigenvalue weighted by molar-refractivity contribution is 0.263. The van der Waals surface area contributed by atoms with E-state index in [9.17, 15) is 0 Å². The highest BCUT2D eigenvalue weighted by Crippen LogP contribution is 2.23. The molecular formula is C18H18N2O3. The highest BCUT2D eigenvalue weighted by atomic mass is 16.5. The molecule has 2 aromatic carbocycles. The molecule has 23 heavy (non-hydrogen) atoms. The fourth-order valence-corrected chi connectivity index (χ4v) is 2.18. The molecule has 118 valence electrons. The number of aromatic nitrogens is 2. The Morgan fingerprint density at radius 1 is 1.00 bits per heavy atom. The van der Waals surface area contributed by atoms with Crippen molar-refractivity contribution in [2.45, 2.75) is 20.5 Å². The average Bonchev–Trinajstić information content (AvgIpc) is 3.05. The van der Waals surface area contributed by atoms with Crippen LogP contribution in [0.3, 0.4) is 0 Å². The maximum Gasteiger partial charge on any atom is 0.254 e. The molecule has 5 nitrogen and oxygen atoms in total. The van der Waals surface area contributed by atoms with Crippen LogP contribution in [0.2, 0.25) is 0 Å². The standard InChI is InChI=1S/C18H18N2O3/c1-12-5-4-6-16(13(12)2)22-11-17-19-20-18(23-17)14-7-9-15(21-3)10-8-14/h4-10H,11H2,1-3H3. The van der Waals surface area contributed by atoms with Crippen LogP contribution in [0.1, 0.15) is 17.0 Å². The van der Waals surface area contributed by atoms with Crippen molar-refractivity contribution in [3.63, 3.8) is 0 Å². The molecule has 0 spiro atoms. The van der Waals surface area contributed by atoms with Gasteiger partial charge in [-0.25, -0.2) is 0 Å². The molecular weight excluding hydrogens is 292 g/mol. The van der Waals surface area contributed by atoms with Crippen molar-refractivity contribution in [3.8, 4) is 23.0 Å². The van der Waals surface area contributed by atoms with E-state index in [-0.39, 0.29) is 6.61 Å². The SMILES string of the molecule is COc1ccc(-c2nnc(COc3cccc(C)c3C)o2)cc1. The Kier molecular flexibility index (Phi) is 4.28. The van der Waals surface area contributed by atoms with Gasteiger partial charge in [0.25, 0.3) is 5.89 Å². The summed E-state index contributed by atoms with van der Waals surface area (Å²) < 4.78 is 16.6. The van der Waals surface area contributed by atoms with E-state index >= 15 is 0 Å². The van der Waals surface area contributed by atoms with Gasteiger partial charge in [0.05, 0.1) is 7.11 Å². The third kappa shape index (κ3) is 3.34. The molecule has 0 saturated carbocycles. The largest absolute Gasteiger partial charge is 0.497 e. The fourth-order valence-electron chi connectivity index (χ4n) is 2.18. The van der Waals surface area contributed by atoms with Crippen LogP contribution in [0.4, 0.5) is 0 Å². The summed E-state index contributed by atoms with van der Waals surface area (Å²) in [6, 6.07) is 13.4. The van der Waals surface area contributed by atoms with Gasteiger partial charge in [-0.2, -0.15) is 0 Å². The van der Waals surface area contributed by atoms with Crippen molar-refractivity contribution in [1.82, 2.24) is 10.2 Å². The highest BCUT2D eigenvalue weighted by molar-refractivity contribution is 5.53. The first-order chi connectivity index (χ1) is 11.2. The van der Waals surface area contributed by atoms with Crippen LogP contribution in [0.25, 0.3) is 11.5 Å². The molecule has 0 saturated heterocycles. The van der Waals surface area contributed by atoms with Gasteiger partial charge in [-0.1, -0.05) is 12.1 Å². The predicted octanol–water partition coefficient (Wildman–Crippen LogP) is 3.94. The molecule has 0 aliphatic rings. The normalized spacial score (nSPS) is 10.6. The zero-order chi connectivity index (χ0) is 16.2. The topological polar surface area (TPSA) is 57.4 Å². The minimum absolute atomic E-state index is 0.244. The average molecular weight is 310 g/mol. The number of ether oxygens (including phenoxy) is 2. The summed E-state index contributed by atoms with van der Waals surface area (Å²) in [6.45, 7) is 4.32. The second-order valence-corrected chi connectivity index (χ2v) is 5.22. The van der Waals surface area contributed by atoms with E-state index in [0.29, 0.717) is 11.8 Å². The van der Waals surface area contributed by atoms with Gasteiger partial charge >= 0.3 is 0 Å². The summed E-state index contributed by atoms with van der Waals surface area (Å²) in [7, 11) is 1.63. The molecule has 1 aromatic heterocycles. The summed E-state index contributed by atoms with van der Waals surface area (Å²) in [4.78, 5) is 0. The van der Waals surface area contributed by atoms with Crippen LogP contribution in [0.5, 0.6) is 11.5 Å². The first-order valence-corrected chi connectivity index (χ1v) is 7.33. The molecule has 0 amide bonds. The van der Waals surface area contributed by atoms with Crippen molar-refractivity contribution >= 4 is 0 Å². The molecule has 0 radical (unpaired) electrons. The second-order valence-electron chi connectivity index (χ2n) is 5.22. The molecule has 0 N–H and O–H groups in total. The molecule has 1 heterocycles. The molecule has 5 heteroatoms. The van der Waals surface area contributed by atoms with Gasteiger partial charge < -0.3 is 13.9 Å². The molecule has 3 rings (SSSR count). The lowest BCUT2D eigenvalue weighted by Crippen LogP contribution is -1.98. The third-order valence-electron chi connectivity index (χ3n) is 3.71. The van der Waals surface area contributed by atoms with Gasteiger partial charge in [0.15, 0.2) is 6.61 Å². The van der Waals surface area contributed by atoms with Gasteiger partial charge in [-0.05, 0) is 55.3 Å². The molecule has 3 aromatic rings. The van der Waals surface area contributed by atoms with Crippen molar-refractivity contribution in [2.24, 2.45) is 0 Å². The molecule has 0 atom stereocenters. The van der Waals surface area contributed by atoms with Crippen LogP contribution in [-0.2, 0) is 6.61 Å². The van der Waals surface area contributed by atoms with E-state index in [4.69, 9.17) is 13.9 Å². The third-order valence-corrected chi connectivity index (χ3v) is 3.71. The van der Waals surface area contributed by atoms with Crippen molar-refractivity contribution in [2.75, 3.05) is 7.11 Å². The Morgan fingerprint density at radius 3 is 2.52 bits per heavy atom. The van der Waals surface area contributed by atoms with Crippen molar-refractivity contribution < 1.29 is 13.9 Å². The van der Waals surface area contributed by atoms with Crippen molar-refractivity contribution in [1.29, 1.82) is 0 Å². The van der Waals surface area contributed by atoms with Crippen LogP contribution < -0.4 is 9.47 Å². The van der Waals surface area contributed by atoms with Gasteiger partial charge in [0.1, 0.15) is 11.5 Å². The Labute approximate surface area is 134 Å². The number of hydrogen-bond acceptors (Lipinski definition) is 5. The lowest BCUT2D eigenvalue weighted by Gasteiger charge is -2.08. The van der Waals surface area contributed by atoms with Crippen molar-refractivity contribution in [3.05, 3.63) is 59.5 Å². The zero-order valence-corrected chi connectivity index (χ0v) is 13.4. The van der Waals surface area contributed by atoms with E-state index in [1.165, 1.54) is 5.56 Å². The van der Waals surface area contributed by atoms with Crippen LogP contribution in [0.15, 0.2) is 46.9 Å². The monoisotopic (exact) mass is 310 g/mol. The number of rotatable bonds is 5. The van der Waals surface area contributed by atoms with E-state index in [1.54, 1.807) is 7.11 Å². The highest BCUT2D eigenvalue weighted by Gasteiger charge is 2.10. The maximum absolute atomic E-state index is 5.77. The summed E-state index contributed by atoms with van der Waals surface area (Å²) in [6.07, 6.45) is 0. The predicted molar refractivity (Wildman–Crippen MR) is 86.5 cm³/mol. The smallest absolute Gasteiger partial charge is 0.254 e. The van der Waals surface area contributed by atoms with E-state index < -0.39 is 0 Å². The zero-order valence-electron chi connectivity index (χ0n) is 13.4. The Hall–Kier alpha value is -2.82. The molecule has 0 bridgehead atoms. The summed E-state index contributed by atoms with van der Waals surface area (Å²) in [5.41, 5.74) is 3.14. The minimum Gasteiger partial charge on any atom is -0.497 e. The van der Waals surface area contributed by atoms with Gasteiger partial charge in [0, 0.05) is 5.56 Å². The maximum atomic E-state index is 5.77. The molecule has 0 aliphatic heterocycles. The van der Waals surface area contributed by atoms with Crippen LogP contribution in [0, 0.1) is 13.8 Å². The van der Waals surface area contributed by atoms with Gasteiger partial charge in [-0.15, -0.1) is 10.2 Å². The number of benzene rings is 2. The summed E-state index contributed by atoms with van der Waals surface area (Å²) in [5.74, 6) is 2.52. The van der Waals surface area contributed by atoms with E-state index in [0.717, 1.165) is 22.6 Å². The van der Waals surface area contributed by atoms with Gasteiger partial charge in [-0.3, -0.25) is 0 Å². The second kappa shape index (κ2) is 6.52. The molecule has 0 unspecified atom stereocenters. The Bertz CT molecular complexity index is 794. The van der Waals surface area contributed by atoms with E-state index in [1.807, 2.05) is 43.3 Å². The number of hydrogen-bond donors (Lipinski definition) is 0. The number of aryl methyl sites for hydroxylation is 1. The summed E-state index contributed by atoms with van der Waals surface area (Å²) >= 11 is 0. The molecule has 0 aliphatic carbocycles. The fraction of sp³-hybridized carbons (Fsp3) is 0.222. The minimum atomic E-state index is 0.244. The number of nitrogens with zero attached hydrogens (tertiary/aromatic N) is 2. The van der Waals surface area contributed by atoms with Crippen LogP contribution >= 0.6 is 0 Å². The summed E-state index contributed by atoms with van der Waals surface area (Å²) in [5, 5.41) is 8.09. The Morgan fingerprint density at radius 2 is 1.78 bits per heavy atom. The van der Waals surface area contributed by atoms with Gasteiger partial charge in [0.2, 0.25) is 5.89 Å². The van der Waals surface area contributed by atoms with E-state index in [2.05, 4.69) is 23.2 Å². The van der Waals surface area contributed by atoms with Crippen LogP contribution in [-0.4, -0.2) is 17.3 Å². The first kappa shape index (κ1) is 15.1. The molecule has 0 fully saturated rings. The quantitative estimate of drug-likeness (QED) is 0.714.